The molecular formula is C28H39N5O4S. The van der Waals surface area contributed by atoms with Gasteiger partial charge in [-0.1, -0.05) is 19.8 Å². The van der Waals surface area contributed by atoms with Gasteiger partial charge in [-0.25, -0.2) is 13.8 Å². The third-order valence-corrected chi connectivity index (χ3v) is 10.2. The van der Waals surface area contributed by atoms with Crippen molar-refractivity contribution in [3.63, 3.8) is 0 Å². The second kappa shape index (κ2) is 10.5. The monoisotopic (exact) mass is 541 g/mol. The van der Waals surface area contributed by atoms with Crippen molar-refractivity contribution in [2.45, 2.75) is 71.3 Å². The molecule has 0 unspecified atom stereocenters. The highest BCUT2D eigenvalue weighted by Crippen LogP contribution is 2.36. The van der Waals surface area contributed by atoms with Crippen LogP contribution in [0.4, 0.5) is 0 Å². The second-order valence-corrected chi connectivity index (χ2v) is 13.2. The van der Waals surface area contributed by atoms with Gasteiger partial charge in [0.15, 0.2) is 0 Å². The van der Waals surface area contributed by atoms with E-state index in [1.165, 1.54) is 9.71 Å². The maximum atomic E-state index is 13.2. The summed E-state index contributed by atoms with van der Waals surface area (Å²) in [5.41, 5.74) is 5.32. The van der Waals surface area contributed by atoms with Crippen molar-refractivity contribution < 1.29 is 18.0 Å². The van der Waals surface area contributed by atoms with Crippen LogP contribution in [0.2, 0.25) is 0 Å². The van der Waals surface area contributed by atoms with Crippen molar-refractivity contribution in [3.8, 4) is 0 Å². The molecule has 1 saturated carbocycles. The molecule has 3 aliphatic heterocycles. The third kappa shape index (κ3) is 5.31. The van der Waals surface area contributed by atoms with Gasteiger partial charge in [0.25, 0.3) is 11.8 Å². The Hall–Kier alpha value is -2.56. The molecular weight excluding hydrogens is 502 g/mol. The van der Waals surface area contributed by atoms with Gasteiger partial charge in [0.1, 0.15) is 11.4 Å². The molecule has 0 bridgehead atoms. The van der Waals surface area contributed by atoms with Crippen LogP contribution in [0.3, 0.4) is 0 Å². The van der Waals surface area contributed by atoms with E-state index >= 15 is 0 Å². The van der Waals surface area contributed by atoms with Crippen LogP contribution in [0.25, 0.3) is 6.08 Å². The van der Waals surface area contributed by atoms with E-state index in [4.69, 9.17) is 4.99 Å². The first-order chi connectivity index (χ1) is 18.1. The lowest BCUT2D eigenvalue weighted by molar-refractivity contribution is -0.125. The molecule has 5 rings (SSSR count). The summed E-state index contributed by atoms with van der Waals surface area (Å²) in [5.74, 6) is 1.69. The highest BCUT2D eigenvalue weighted by atomic mass is 32.2. The van der Waals surface area contributed by atoms with Gasteiger partial charge in [0, 0.05) is 43.1 Å². The maximum absolute atomic E-state index is 13.2. The Bertz CT molecular complexity index is 1240. The van der Waals surface area contributed by atoms with Crippen LogP contribution < -0.4 is 10.7 Å². The molecule has 1 aromatic carbocycles. The van der Waals surface area contributed by atoms with E-state index < -0.39 is 15.6 Å². The number of piperidine rings is 1. The zero-order valence-corrected chi connectivity index (χ0v) is 23.4. The first-order valence-electron chi connectivity index (χ1n) is 13.8. The molecule has 3 fully saturated rings. The summed E-state index contributed by atoms with van der Waals surface area (Å²) in [7, 11) is -3.67. The summed E-state index contributed by atoms with van der Waals surface area (Å²) in [6.45, 7) is 8.03. The fourth-order valence-electron chi connectivity index (χ4n) is 6.18. The Morgan fingerprint density at radius 2 is 1.74 bits per heavy atom. The summed E-state index contributed by atoms with van der Waals surface area (Å²) in [6, 6.07) is 3.63. The molecule has 0 radical (unpaired) electrons. The molecule has 4 aliphatic rings. The normalized spacial score (nSPS) is 26.2. The first-order valence-corrected chi connectivity index (χ1v) is 15.3. The number of benzene rings is 1. The molecule has 1 aliphatic carbocycles. The summed E-state index contributed by atoms with van der Waals surface area (Å²) >= 11 is 0. The number of carbonyl (C=O) groups excluding carboxylic acids is 2. The smallest absolute Gasteiger partial charge is 0.267 e. The number of aliphatic imine (C=N–C) groups is 1. The van der Waals surface area contributed by atoms with E-state index in [-0.39, 0.29) is 24.9 Å². The predicted molar refractivity (Wildman–Crippen MR) is 148 cm³/mol. The van der Waals surface area contributed by atoms with E-state index in [0.29, 0.717) is 30.9 Å². The molecule has 10 heteroatoms. The number of carbonyl (C=O) groups is 2. The van der Waals surface area contributed by atoms with E-state index in [2.05, 4.69) is 17.7 Å². The van der Waals surface area contributed by atoms with Gasteiger partial charge < -0.3 is 5.32 Å². The average Bonchev–Trinajstić information content (AvgIpc) is 3.53. The fourth-order valence-corrected chi connectivity index (χ4v) is 7.35. The summed E-state index contributed by atoms with van der Waals surface area (Å²) in [6.07, 6.45) is 7.72. The topological polar surface area (TPSA) is 111 Å². The first kappa shape index (κ1) is 27.0. The van der Waals surface area contributed by atoms with E-state index in [0.717, 1.165) is 67.1 Å². The van der Waals surface area contributed by atoms with Gasteiger partial charge in [0.05, 0.1) is 0 Å². The number of sulfonamides is 1. The van der Waals surface area contributed by atoms with Crippen molar-refractivity contribution in [2.24, 2.45) is 16.8 Å². The largest absolute Gasteiger partial charge is 0.312 e. The Morgan fingerprint density at radius 1 is 1.08 bits per heavy atom. The number of nitrogens with one attached hydrogen (secondary N) is 2. The number of rotatable bonds is 5. The maximum Gasteiger partial charge on any atom is 0.267 e. The standard InChI is InChI=1S/C28H39N5O4S/c1-19-5-7-22(8-6-19)25-30-27(35)28(31-25)10-14-32(15-11-28)38(36,37)16-9-24-20(2)17-23(18-21(24)3)26(34)33-13-4-12-29-33/h9,16-19,22,29H,4-8,10-15H2,1-3H3,(H,30,31,35)/b16-9+. The Balaban J connectivity index is 1.25. The number of aryl methyl sites for hydroxylation is 2. The predicted octanol–water partition coefficient (Wildman–Crippen LogP) is 3.14. The Morgan fingerprint density at radius 3 is 2.34 bits per heavy atom. The van der Waals surface area contributed by atoms with Crippen LogP contribution in [-0.2, 0) is 14.8 Å². The number of nitrogens with zero attached hydrogens (tertiary/aromatic N) is 3. The molecule has 2 N–H and O–H groups in total. The Kier molecular flexibility index (Phi) is 7.50. The van der Waals surface area contributed by atoms with Crippen LogP contribution in [0.5, 0.6) is 0 Å². The highest BCUT2D eigenvalue weighted by molar-refractivity contribution is 7.92. The molecule has 2 amide bonds. The van der Waals surface area contributed by atoms with Gasteiger partial charge in [-0.15, -0.1) is 0 Å². The van der Waals surface area contributed by atoms with Crippen LogP contribution in [-0.4, -0.2) is 67.1 Å². The molecule has 3 heterocycles. The van der Waals surface area contributed by atoms with E-state index in [1.807, 2.05) is 26.0 Å². The summed E-state index contributed by atoms with van der Waals surface area (Å²) in [5, 5.41) is 5.92. The van der Waals surface area contributed by atoms with Crippen molar-refractivity contribution in [1.82, 2.24) is 20.1 Å². The minimum atomic E-state index is -3.67. The highest BCUT2D eigenvalue weighted by Gasteiger charge is 2.48. The zero-order chi connectivity index (χ0) is 27.1. The molecule has 2 saturated heterocycles. The average molecular weight is 542 g/mol. The van der Waals surface area contributed by atoms with Gasteiger partial charge in [-0.3, -0.25) is 19.6 Å². The number of hydrogen-bond acceptors (Lipinski definition) is 6. The minimum Gasteiger partial charge on any atom is -0.312 e. The molecule has 206 valence electrons. The minimum absolute atomic E-state index is 0.0705. The number of amides is 2. The summed E-state index contributed by atoms with van der Waals surface area (Å²) in [4.78, 5) is 30.5. The number of amidine groups is 1. The number of hydrogen-bond donors (Lipinski definition) is 2. The van der Waals surface area contributed by atoms with Crippen LogP contribution >= 0.6 is 0 Å². The third-order valence-electron chi connectivity index (χ3n) is 8.66. The fraction of sp³-hybridized carbons (Fsp3) is 0.607. The van der Waals surface area contributed by atoms with Gasteiger partial charge in [-0.2, -0.15) is 4.31 Å². The molecule has 38 heavy (non-hydrogen) atoms. The van der Waals surface area contributed by atoms with Crippen LogP contribution in [0.15, 0.2) is 22.5 Å². The van der Waals surface area contributed by atoms with Gasteiger partial charge in [-0.05, 0) is 86.8 Å². The quantitative estimate of drug-likeness (QED) is 0.595. The molecule has 0 aromatic heterocycles. The molecule has 1 spiro atoms. The SMILES string of the molecule is Cc1cc(C(=O)N2CCCN2)cc(C)c1/C=C/S(=O)(=O)N1CCC2(CC1)N=C(C1CCC(C)CC1)NC2=O. The van der Waals surface area contributed by atoms with E-state index in [9.17, 15) is 18.0 Å². The van der Waals surface area contributed by atoms with Crippen LogP contribution in [0.1, 0.15) is 78.9 Å². The lowest BCUT2D eigenvalue weighted by Crippen LogP contribution is -2.50. The van der Waals surface area contributed by atoms with Gasteiger partial charge >= 0.3 is 0 Å². The van der Waals surface area contributed by atoms with Crippen molar-refractivity contribution in [3.05, 3.63) is 39.8 Å². The molecule has 1 aromatic rings. The summed E-state index contributed by atoms with van der Waals surface area (Å²) < 4.78 is 27.8. The van der Waals surface area contributed by atoms with Crippen molar-refractivity contribution in [1.29, 1.82) is 0 Å². The lowest BCUT2D eigenvalue weighted by Gasteiger charge is -2.34. The number of hydrazine groups is 1. The van der Waals surface area contributed by atoms with E-state index in [1.54, 1.807) is 11.1 Å². The van der Waals surface area contributed by atoms with Crippen LogP contribution in [0, 0.1) is 25.7 Å². The lowest BCUT2D eigenvalue weighted by atomic mass is 9.82. The van der Waals surface area contributed by atoms with Gasteiger partial charge in [0.2, 0.25) is 10.0 Å². The Labute approximate surface area is 225 Å². The molecule has 0 atom stereocenters. The second-order valence-electron chi connectivity index (χ2n) is 11.4. The van der Waals surface area contributed by atoms with Crippen molar-refractivity contribution in [2.75, 3.05) is 26.2 Å². The zero-order valence-electron chi connectivity index (χ0n) is 22.6. The van der Waals surface area contributed by atoms with Crippen molar-refractivity contribution >= 4 is 33.7 Å². The molecule has 9 nitrogen and oxygen atoms in total.